The van der Waals surface area contributed by atoms with Crippen molar-refractivity contribution in [2.24, 2.45) is 0 Å². The number of urea groups is 1. The molecule has 7 nitrogen and oxygen atoms in total. The normalized spacial score (nSPS) is 12.0. The highest BCUT2D eigenvalue weighted by Crippen LogP contribution is 1.98. The Bertz CT molecular complexity index is 293. The molecule has 0 aliphatic carbocycles. The van der Waals surface area contributed by atoms with Crippen LogP contribution in [0.5, 0.6) is 0 Å². The molecule has 0 fully saturated rings. The minimum Gasteiger partial charge on any atom is -0.480 e. The molecule has 0 radical (unpaired) electrons. The summed E-state index contributed by atoms with van der Waals surface area (Å²) in [5.41, 5.74) is 0. The predicted octanol–water partition coefficient (Wildman–Crippen LogP) is -0.373. The number of imide groups is 1. The molecule has 3 amide bonds. The maximum Gasteiger partial charge on any atom is 0.321 e. The number of nitrogens with zero attached hydrogens (tertiary/aromatic N) is 1. The number of carboxylic acid groups (broad SMARTS) is 1. The number of aliphatic carboxylic acids is 1. The number of hydrogen-bond donors (Lipinski definition) is 3. The molecule has 0 heterocycles. The standard InChI is InChI=1S/C10H19N3O4/c1-4-11-10(17)12-9(16)7(3)13(5-2)6-8(14)15/h7H,4-6H2,1-3H3,(H,14,15)(H2,11,12,16,17). The van der Waals surface area contributed by atoms with Gasteiger partial charge in [0.15, 0.2) is 0 Å². The van der Waals surface area contributed by atoms with E-state index in [-0.39, 0.29) is 6.54 Å². The van der Waals surface area contributed by atoms with Crippen molar-refractivity contribution in [1.82, 2.24) is 15.5 Å². The minimum atomic E-state index is -1.01. The number of rotatable bonds is 6. The smallest absolute Gasteiger partial charge is 0.321 e. The van der Waals surface area contributed by atoms with Gasteiger partial charge >= 0.3 is 12.0 Å². The van der Waals surface area contributed by atoms with Gasteiger partial charge in [-0.25, -0.2) is 4.79 Å². The lowest BCUT2D eigenvalue weighted by Crippen LogP contribution is -2.50. The van der Waals surface area contributed by atoms with Gasteiger partial charge in [-0.1, -0.05) is 6.92 Å². The number of hydrogen-bond acceptors (Lipinski definition) is 4. The van der Waals surface area contributed by atoms with Crippen molar-refractivity contribution in [3.63, 3.8) is 0 Å². The van der Waals surface area contributed by atoms with E-state index in [1.54, 1.807) is 20.8 Å². The number of carbonyl (C=O) groups is 3. The monoisotopic (exact) mass is 245 g/mol. The van der Waals surface area contributed by atoms with Crippen molar-refractivity contribution < 1.29 is 19.5 Å². The Morgan fingerprint density at radius 3 is 2.29 bits per heavy atom. The third kappa shape index (κ3) is 5.86. The van der Waals surface area contributed by atoms with Gasteiger partial charge in [0.2, 0.25) is 5.91 Å². The Morgan fingerprint density at radius 1 is 1.29 bits per heavy atom. The van der Waals surface area contributed by atoms with Gasteiger partial charge in [0.05, 0.1) is 12.6 Å². The average molecular weight is 245 g/mol. The zero-order valence-electron chi connectivity index (χ0n) is 10.3. The van der Waals surface area contributed by atoms with Crippen molar-refractivity contribution in [2.75, 3.05) is 19.6 Å². The van der Waals surface area contributed by atoms with Crippen LogP contribution in [0, 0.1) is 0 Å². The second-order valence-corrected chi connectivity index (χ2v) is 3.48. The first-order valence-corrected chi connectivity index (χ1v) is 5.46. The molecule has 0 rings (SSSR count). The number of amides is 3. The van der Waals surface area contributed by atoms with Gasteiger partial charge in [-0.15, -0.1) is 0 Å². The van der Waals surface area contributed by atoms with Gasteiger partial charge < -0.3 is 10.4 Å². The summed E-state index contributed by atoms with van der Waals surface area (Å²) in [4.78, 5) is 34.7. The maximum absolute atomic E-state index is 11.6. The van der Waals surface area contributed by atoms with Gasteiger partial charge in [0.1, 0.15) is 0 Å². The highest BCUT2D eigenvalue weighted by molar-refractivity contribution is 5.96. The van der Waals surface area contributed by atoms with Crippen LogP contribution >= 0.6 is 0 Å². The lowest BCUT2D eigenvalue weighted by atomic mass is 10.2. The SMILES string of the molecule is CCNC(=O)NC(=O)C(C)N(CC)CC(=O)O. The third-order valence-corrected chi connectivity index (χ3v) is 2.25. The van der Waals surface area contributed by atoms with Gasteiger partial charge in [0, 0.05) is 6.54 Å². The Labute approximate surface area is 100 Å². The molecule has 1 unspecified atom stereocenters. The summed E-state index contributed by atoms with van der Waals surface area (Å²) in [5.74, 6) is -1.52. The van der Waals surface area contributed by atoms with E-state index in [0.717, 1.165) is 0 Å². The van der Waals surface area contributed by atoms with Crippen LogP contribution in [0.15, 0.2) is 0 Å². The fourth-order valence-corrected chi connectivity index (χ4v) is 1.28. The van der Waals surface area contributed by atoms with E-state index in [1.807, 2.05) is 0 Å². The van der Waals surface area contributed by atoms with E-state index in [4.69, 9.17) is 5.11 Å². The van der Waals surface area contributed by atoms with Gasteiger partial charge in [-0.05, 0) is 20.4 Å². The first-order valence-electron chi connectivity index (χ1n) is 5.46. The molecule has 17 heavy (non-hydrogen) atoms. The zero-order valence-corrected chi connectivity index (χ0v) is 10.3. The molecule has 0 bridgehead atoms. The molecule has 0 aromatic heterocycles. The van der Waals surface area contributed by atoms with E-state index in [0.29, 0.717) is 13.1 Å². The summed E-state index contributed by atoms with van der Waals surface area (Å²) in [5, 5.41) is 13.2. The van der Waals surface area contributed by atoms with Crippen LogP contribution in [0.25, 0.3) is 0 Å². The van der Waals surface area contributed by atoms with E-state index < -0.39 is 23.9 Å². The molecule has 3 N–H and O–H groups in total. The molecule has 0 aromatic rings. The van der Waals surface area contributed by atoms with Crippen molar-refractivity contribution in [3.8, 4) is 0 Å². The second kappa shape index (κ2) is 7.61. The topological polar surface area (TPSA) is 98.7 Å². The molecule has 0 aliphatic rings. The maximum atomic E-state index is 11.6. The molecule has 1 atom stereocenters. The highest BCUT2D eigenvalue weighted by atomic mass is 16.4. The minimum absolute atomic E-state index is 0.236. The number of likely N-dealkylation sites (N-methyl/N-ethyl adjacent to an activating group) is 1. The first kappa shape index (κ1) is 15.4. The molecular weight excluding hydrogens is 226 g/mol. The lowest BCUT2D eigenvalue weighted by Gasteiger charge is -2.24. The van der Waals surface area contributed by atoms with Crippen LogP contribution in [0.1, 0.15) is 20.8 Å². The summed E-state index contributed by atoms with van der Waals surface area (Å²) >= 11 is 0. The van der Waals surface area contributed by atoms with Crippen LogP contribution < -0.4 is 10.6 Å². The van der Waals surface area contributed by atoms with E-state index in [1.165, 1.54) is 4.90 Å². The molecule has 0 aromatic carbocycles. The highest BCUT2D eigenvalue weighted by Gasteiger charge is 2.23. The molecule has 98 valence electrons. The van der Waals surface area contributed by atoms with Gasteiger partial charge in [-0.2, -0.15) is 0 Å². The number of carboxylic acids is 1. The summed E-state index contributed by atoms with van der Waals surface area (Å²) in [6, 6.07) is -1.24. The molecule has 0 saturated carbocycles. The summed E-state index contributed by atoms with van der Waals surface area (Å²) < 4.78 is 0. The largest absolute Gasteiger partial charge is 0.480 e. The van der Waals surface area contributed by atoms with Crippen LogP contribution in [-0.2, 0) is 9.59 Å². The molecule has 7 heteroatoms. The van der Waals surface area contributed by atoms with Gasteiger partial charge in [-0.3, -0.25) is 19.8 Å². The van der Waals surface area contributed by atoms with Crippen LogP contribution in [-0.4, -0.2) is 53.6 Å². The Balaban J connectivity index is 4.35. The summed E-state index contributed by atoms with van der Waals surface area (Å²) in [6.45, 7) is 5.63. The fourth-order valence-electron chi connectivity index (χ4n) is 1.28. The van der Waals surface area contributed by atoms with Crippen molar-refractivity contribution in [3.05, 3.63) is 0 Å². The summed E-state index contributed by atoms with van der Waals surface area (Å²) in [6.07, 6.45) is 0. The van der Waals surface area contributed by atoms with Crippen LogP contribution in [0.3, 0.4) is 0 Å². The third-order valence-electron chi connectivity index (χ3n) is 2.25. The van der Waals surface area contributed by atoms with Crippen LogP contribution in [0.4, 0.5) is 4.79 Å². The molecule has 0 aliphatic heterocycles. The fraction of sp³-hybridized carbons (Fsp3) is 0.700. The summed E-state index contributed by atoms with van der Waals surface area (Å²) in [7, 11) is 0. The Kier molecular flexibility index (Phi) is 6.88. The van der Waals surface area contributed by atoms with E-state index in [2.05, 4.69) is 10.6 Å². The van der Waals surface area contributed by atoms with Crippen molar-refractivity contribution in [1.29, 1.82) is 0 Å². The van der Waals surface area contributed by atoms with Crippen LogP contribution in [0.2, 0.25) is 0 Å². The van der Waals surface area contributed by atoms with E-state index in [9.17, 15) is 14.4 Å². The van der Waals surface area contributed by atoms with Gasteiger partial charge in [0.25, 0.3) is 0 Å². The first-order chi connectivity index (χ1) is 7.92. The number of nitrogens with one attached hydrogen (secondary N) is 2. The quantitative estimate of drug-likeness (QED) is 0.593. The molecular formula is C10H19N3O4. The second-order valence-electron chi connectivity index (χ2n) is 3.48. The molecule has 0 saturated heterocycles. The number of carbonyl (C=O) groups excluding carboxylic acids is 2. The average Bonchev–Trinajstić information content (AvgIpc) is 2.24. The zero-order chi connectivity index (χ0) is 13.4. The Morgan fingerprint density at radius 2 is 1.88 bits per heavy atom. The van der Waals surface area contributed by atoms with Crippen molar-refractivity contribution in [2.45, 2.75) is 26.8 Å². The predicted molar refractivity (Wildman–Crippen MR) is 61.6 cm³/mol. The Hall–Kier alpha value is -1.63. The lowest BCUT2D eigenvalue weighted by molar-refractivity contribution is -0.139. The molecule has 0 spiro atoms. The van der Waals surface area contributed by atoms with Crippen molar-refractivity contribution >= 4 is 17.9 Å². The van der Waals surface area contributed by atoms with E-state index >= 15 is 0 Å².